The Balaban J connectivity index is 1.86. The number of aryl methyl sites for hydroxylation is 1. The Labute approximate surface area is 198 Å². The van der Waals surface area contributed by atoms with E-state index in [1.807, 2.05) is 101 Å². The Hall–Kier alpha value is -3.57. The number of allylic oxidation sites excluding steroid dienone is 1. The minimum atomic E-state index is -2.36. The number of hydrogen-bond acceptors (Lipinski definition) is 4. The molecule has 0 atom stereocenters. The van der Waals surface area contributed by atoms with E-state index in [0.29, 0.717) is 5.56 Å². The summed E-state index contributed by atoms with van der Waals surface area (Å²) in [7, 11) is 5.64. The highest BCUT2D eigenvalue weighted by Crippen LogP contribution is 2.19. The van der Waals surface area contributed by atoms with E-state index >= 15 is 0 Å². The molecule has 0 bridgehead atoms. The number of benzene rings is 3. The van der Waals surface area contributed by atoms with E-state index in [2.05, 4.69) is 29.2 Å². The molecule has 4 nitrogen and oxygen atoms in total. The van der Waals surface area contributed by atoms with Crippen molar-refractivity contribution in [1.82, 2.24) is 0 Å². The molecule has 170 valence electrons. The lowest BCUT2D eigenvalue weighted by atomic mass is 10.0. The van der Waals surface area contributed by atoms with Gasteiger partial charge in [0.1, 0.15) is 4.86 Å². The summed E-state index contributed by atoms with van der Waals surface area (Å²) in [6.07, 6.45) is 7.55. The lowest BCUT2D eigenvalue weighted by Crippen LogP contribution is -2.07. The maximum Gasteiger partial charge on any atom is 0.222 e. The summed E-state index contributed by atoms with van der Waals surface area (Å²) in [6, 6.07) is 22.0. The fourth-order valence-corrected chi connectivity index (χ4v) is 3.84. The zero-order chi connectivity index (χ0) is 24.0. The van der Waals surface area contributed by atoms with E-state index < -0.39 is 10.3 Å². The van der Waals surface area contributed by atoms with Crippen molar-refractivity contribution in [2.24, 2.45) is 0 Å². The minimum absolute atomic E-state index is 0.261. The zero-order valence-electron chi connectivity index (χ0n) is 19.8. The molecule has 0 aliphatic heterocycles. The average molecular weight is 459 g/mol. The van der Waals surface area contributed by atoms with Gasteiger partial charge in [-0.05, 0) is 71.1 Å². The lowest BCUT2D eigenvalue weighted by molar-refractivity contribution is 0.627. The van der Waals surface area contributed by atoms with Gasteiger partial charge in [0.2, 0.25) is 10.3 Å². The summed E-state index contributed by atoms with van der Waals surface area (Å²) in [5, 5.41) is 0. The molecule has 0 unspecified atom stereocenters. The Kier molecular flexibility index (Phi) is 7.91. The van der Waals surface area contributed by atoms with Gasteiger partial charge in [-0.2, -0.15) is 8.42 Å². The van der Waals surface area contributed by atoms with Crippen LogP contribution in [0.1, 0.15) is 27.8 Å². The molecule has 3 rings (SSSR count). The molecule has 5 heteroatoms. The SMILES string of the molecule is Cc1ccc(C(C=Cc2ccc(N(C)C)cc2)=S(=O)=O)cc1C=Cc1ccc(N(C)C)cc1. The van der Waals surface area contributed by atoms with Crippen LogP contribution in [0.25, 0.3) is 18.2 Å². The molecular weight excluding hydrogens is 428 g/mol. The van der Waals surface area contributed by atoms with Crippen molar-refractivity contribution in [1.29, 1.82) is 0 Å². The minimum Gasteiger partial charge on any atom is -0.378 e. The molecule has 0 heterocycles. The summed E-state index contributed by atoms with van der Waals surface area (Å²) in [6.45, 7) is 2.02. The zero-order valence-corrected chi connectivity index (χ0v) is 20.6. The molecule has 0 radical (unpaired) electrons. The van der Waals surface area contributed by atoms with E-state index in [-0.39, 0.29) is 4.86 Å². The van der Waals surface area contributed by atoms with Crippen LogP contribution in [-0.4, -0.2) is 41.5 Å². The number of nitrogens with zero attached hydrogens (tertiary/aromatic N) is 2. The van der Waals surface area contributed by atoms with Gasteiger partial charge in [0.25, 0.3) is 0 Å². The van der Waals surface area contributed by atoms with Gasteiger partial charge in [-0.1, -0.05) is 54.6 Å². The van der Waals surface area contributed by atoms with Gasteiger partial charge in [0, 0.05) is 39.6 Å². The molecular formula is C28H30N2O2S. The van der Waals surface area contributed by atoms with Crippen molar-refractivity contribution in [2.45, 2.75) is 6.92 Å². The molecule has 0 amide bonds. The number of rotatable bonds is 7. The largest absolute Gasteiger partial charge is 0.378 e. The number of hydrogen-bond donors (Lipinski definition) is 0. The molecule has 0 saturated heterocycles. The van der Waals surface area contributed by atoms with Crippen molar-refractivity contribution >= 4 is 44.8 Å². The third-order valence-corrected chi connectivity index (χ3v) is 6.18. The fourth-order valence-electron chi connectivity index (χ4n) is 3.35. The molecule has 3 aromatic carbocycles. The maximum atomic E-state index is 12.0. The standard InChI is InChI=1S/C28H30N2O2S/c1-21-6-13-25(20-24(21)14-7-22-8-15-26(16-9-22)29(2)3)28(33(31)32)19-12-23-10-17-27(18-11-23)30(4)5/h6-20H,1-5H3. The van der Waals surface area contributed by atoms with Gasteiger partial charge in [0.05, 0.1) is 0 Å². The molecule has 0 saturated carbocycles. The van der Waals surface area contributed by atoms with Gasteiger partial charge in [-0.25, -0.2) is 0 Å². The van der Waals surface area contributed by atoms with Crippen LogP contribution in [0.15, 0.2) is 72.8 Å². The third-order valence-electron chi connectivity index (χ3n) is 5.44. The van der Waals surface area contributed by atoms with Crippen LogP contribution >= 0.6 is 0 Å². The van der Waals surface area contributed by atoms with Crippen LogP contribution in [0.2, 0.25) is 0 Å². The van der Waals surface area contributed by atoms with Crippen molar-refractivity contribution in [3.05, 3.63) is 101 Å². The van der Waals surface area contributed by atoms with Gasteiger partial charge >= 0.3 is 0 Å². The lowest BCUT2D eigenvalue weighted by Gasteiger charge is -2.12. The van der Waals surface area contributed by atoms with E-state index in [1.165, 1.54) is 0 Å². The second kappa shape index (κ2) is 10.8. The van der Waals surface area contributed by atoms with Crippen molar-refractivity contribution < 1.29 is 8.42 Å². The smallest absolute Gasteiger partial charge is 0.222 e. The molecule has 0 fully saturated rings. The highest BCUT2D eigenvalue weighted by molar-refractivity contribution is 7.73. The van der Waals surface area contributed by atoms with Crippen LogP contribution in [0.3, 0.4) is 0 Å². The van der Waals surface area contributed by atoms with Gasteiger partial charge in [-0.15, -0.1) is 0 Å². The monoisotopic (exact) mass is 458 g/mol. The Morgan fingerprint density at radius 3 is 1.70 bits per heavy atom. The summed E-state index contributed by atoms with van der Waals surface area (Å²) in [5.74, 6) is 0. The molecule has 3 aromatic rings. The quantitative estimate of drug-likeness (QED) is 0.205. The predicted octanol–water partition coefficient (Wildman–Crippen LogP) is 5.41. The summed E-state index contributed by atoms with van der Waals surface area (Å²) in [4.78, 5) is 4.35. The summed E-state index contributed by atoms with van der Waals surface area (Å²) in [5.41, 5.74) is 6.99. The van der Waals surface area contributed by atoms with Gasteiger partial charge in [-0.3, -0.25) is 0 Å². The topological polar surface area (TPSA) is 40.6 Å². The molecule has 0 aromatic heterocycles. The Bertz CT molecular complexity index is 1290. The van der Waals surface area contributed by atoms with Gasteiger partial charge < -0.3 is 9.80 Å². The summed E-state index contributed by atoms with van der Waals surface area (Å²) < 4.78 is 24.0. The average Bonchev–Trinajstić information content (AvgIpc) is 2.79. The highest BCUT2D eigenvalue weighted by Gasteiger charge is 2.05. The van der Waals surface area contributed by atoms with Crippen molar-refractivity contribution in [3.8, 4) is 0 Å². The third kappa shape index (κ3) is 6.46. The first-order valence-electron chi connectivity index (χ1n) is 10.7. The second-order valence-corrected chi connectivity index (χ2v) is 9.22. The number of anilines is 2. The van der Waals surface area contributed by atoms with E-state index in [1.54, 1.807) is 6.08 Å². The van der Waals surface area contributed by atoms with Crippen LogP contribution in [-0.2, 0) is 10.3 Å². The first-order chi connectivity index (χ1) is 15.7. The Morgan fingerprint density at radius 1 is 0.697 bits per heavy atom. The van der Waals surface area contributed by atoms with Gasteiger partial charge in [0.15, 0.2) is 0 Å². The van der Waals surface area contributed by atoms with Crippen molar-refractivity contribution in [2.75, 3.05) is 38.0 Å². The maximum absolute atomic E-state index is 12.0. The first-order valence-corrected chi connectivity index (χ1v) is 11.8. The predicted molar refractivity (Wildman–Crippen MR) is 144 cm³/mol. The Morgan fingerprint density at radius 2 is 1.21 bits per heavy atom. The summed E-state index contributed by atoms with van der Waals surface area (Å²) >= 11 is 0. The van der Waals surface area contributed by atoms with Crippen molar-refractivity contribution in [3.63, 3.8) is 0 Å². The van der Waals surface area contributed by atoms with Crippen LogP contribution < -0.4 is 9.80 Å². The molecule has 0 N–H and O–H groups in total. The van der Waals surface area contributed by atoms with E-state index in [4.69, 9.17) is 0 Å². The van der Waals surface area contributed by atoms with E-state index in [0.717, 1.165) is 33.6 Å². The normalized spacial score (nSPS) is 11.2. The van der Waals surface area contributed by atoms with Crippen LogP contribution in [0, 0.1) is 6.92 Å². The van der Waals surface area contributed by atoms with Crippen LogP contribution in [0.5, 0.6) is 0 Å². The molecule has 0 aliphatic rings. The highest BCUT2D eigenvalue weighted by atomic mass is 32.2. The van der Waals surface area contributed by atoms with E-state index in [9.17, 15) is 8.42 Å². The molecule has 0 aliphatic carbocycles. The second-order valence-electron chi connectivity index (χ2n) is 8.31. The molecule has 0 spiro atoms. The first kappa shape index (κ1) is 24.1. The van der Waals surface area contributed by atoms with Crippen LogP contribution in [0.4, 0.5) is 11.4 Å². The fraction of sp³-hybridized carbons (Fsp3) is 0.179. The molecule has 33 heavy (non-hydrogen) atoms.